The van der Waals surface area contributed by atoms with Gasteiger partial charge in [-0.25, -0.2) is 9.97 Å². The van der Waals surface area contributed by atoms with E-state index in [1.165, 1.54) is 17.7 Å². The molecular weight excluding hydrogens is 420 g/mol. The van der Waals surface area contributed by atoms with E-state index in [2.05, 4.69) is 32.7 Å². The highest BCUT2D eigenvalue weighted by atomic mass is 32.1. The highest BCUT2D eigenvalue weighted by Gasteiger charge is 2.30. The number of hydrogen-bond donors (Lipinski definition) is 5. The summed E-state index contributed by atoms with van der Waals surface area (Å²) in [6.45, 7) is 0.656. The van der Waals surface area contributed by atoms with E-state index in [0.29, 0.717) is 34.8 Å². The van der Waals surface area contributed by atoms with Crippen LogP contribution in [0, 0.1) is 11.3 Å². The summed E-state index contributed by atoms with van der Waals surface area (Å²) in [5, 5.41) is 28.3. The molecule has 7 nitrogen and oxygen atoms in total. The predicted octanol–water partition coefficient (Wildman–Crippen LogP) is 4.77. The van der Waals surface area contributed by atoms with Gasteiger partial charge in [-0.05, 0) is 30.5 Å². The number of rotatable bonds is 8. The van der Waals surface area contributed by atoms with Crippen LogP contribution >= 0.6 is 11.3 Å². The molecule has 2 heterocycles. The average molecular weight is 445 g/mol. The first kappa shape index (κ1) is 20.4. The summed E-state index contributed by atoms with van der Waals surface area (Å²) in [5.74, 6) is 0.670. The van der Waals surface area contributed by atoms with Crippen LogP contribution in [0.2, 0.25) is 0 Å². The van der Waals surface area contributed by atoms with Crippen molar-refractivity contribution in [1.29, 1.82) is 5.41 Å². The molecule has 6 N–H and O–H groups in total. The summed E-state index contributed by atoms with van der Waals surface area (Å²) in [4.78, 5) is 8.33. The van der Waals surface area contributed by atoms with Crippen molar-refractivity contribution >= 4 is 44.5 Å². The maximum Gasteiger partial charge on any atom is 0.153 e. The Morgan fingerprint density at radius 3 is 2.69 bits per heavy atom. The number of nitrogen functional groups attached to an aromatic ring is 1. The third-order valence-electron chi connectivity index (χ3n) is 5.64. The van der Waals surface area contributed by atoms with E-state index in [0.717, 1.165) is 34.4 Å². The van der Waals surface area contributed by atoms with Gasteiger partial charge < -0.3 is 26.9 Å². The largest absolute Gasteiger partial charge is 0.382 e. The van der Waals surface area contributed by atoms with Gasteiger partial charge in [0.2, 0.25) is 0 Å². The molecule has 32 heavy (non-hydrogen) atoms. The van der Waals surface area contributed by atoms with Crippen molar-refractivity contribution in [2.45, 2.75) is 25.6 Å². The molecule has 1 saturated carbocycles. The molecule has 0 aliphatic heterocycles. The number of anilines is 3. The lowest BCUT2D eigenvalue weighted by Crippen LogP contribution is -2.16. The summed E-state index contributed by atoms with van der Waals surface area (Å²) in [5.41, 5.74) is 11.4. The van der Waals surface area contributed by atoms with Gasteiger partial charge in [-0.1, -0.05) is 36.4 Å². The third kappa shape index (κ3) is 4.02. The lowest BCUT2D eigenvalue weighted by molar-refractivity contribution is 0.210. The molecule has 162 valence electrons. The second kappa shape index (κ2) is 8.57. The molecule has 0 radical (unpaired) electrons. The number of nitrogens with zero attached hydrogens (tertiary/aromatic N) is 2. The molecule has 1 fully saturated rings. The summed E-state index contributed by atoms with van der Waals surface area (Å²) in [6, 6.07) is 16.0. The van der Waals surface area contributed by atoms with Crippen LogP contribution in [-0.4, -0.2) is 20.8 Å². The number of thiophene rings is 1. The van der Waals surface area contributed by atoms with Gasteiger partial charge in [0.05, 0.1) is 10.2 Å². The molecule has 8 heteroatoms. The minimum Gasteiger partial charge on any atom is -0.382 e. The van der Waals surface area contributed by atoms with Crippen molar-refractivity contribution < 1.29 is 5.11 Å². The Kier molecular flexibility index (Phi) is 5.46. The first-order chi connectivity index (χ1) is 15.6. The van der Waals surface area contributed by atoms with Crippen molar-refractivity contribution in [3.05, 3.63) is 76.9 Å². The zero-order chi connectivity index (χ0) is 22.1. The Hall–Kier alpha value is -3.49. The second-order valence-corrected chi connectivity index (χ2v) is 8.81. The van der Waals surface area contributed by atoms with E-state index in [1.807, 2.05) is 41.8 Å². The zero-order valence-corrected chi connectivity index (χ0v) is 18.2. The SMILES string of the molecule is N=C(c1c(NCc2ccccc2)cccc1NC(O)c1csc2c(N)ncnc12)C1CC1. The Labute approximate surface area is 189 Å². The molecule has 1 atom stereocenters. The van der Waals surface area contributed by atoms with Gasteiger partial charge in [0.15, 0.2) is 6.23 Å². The summed E-state index contributed by atoms with van der Waals surface area (Å²) >= 11 is 1.41. The number of aliphatic hydroxyl groups excluding tert-OH is 1. The first-order valence-corrected chi connectivity index (χ1v) is 11.4. The lowest BCUT2D eigenvalue weighted by atomic mass is 10.0. The molecule has 1 unspecified atom stereocenters. The van der Waals surface area contributed by atoms with Crippen LogP contribution in [0.4, 0.5) is 17.2 Å². The molecular formula is C24H24N6OS. The topological polar surface area (TPSA) is 120 Å². The number of benzene rings is 2. The summed E-state index contributed by atoms with van der Waals surface area (Å²) in [7, 11) is 0. The van der Waals surface area contributed by atoms with Crippen LogP contribution in [0.1, 0.15) is 35.8 Å². The summed E-state index contributed by atoms with van der Waals surface area (Å²) < 4.78 is 0.757. The van der Waals surface area contributed by atoms with E-state index in [9.17, 15) is 5.11 Å². The smallest absolute Gasteiger partial charge is 0.153 e. The van der Waals surface area contributed by atoms with E-state index in [-0.39, 0.29) is 5.92 Å². The van der Waals surface area contributed by atoms with E-state index in [1.54, 1.807) is 0 Å². The molecule has 2 aromatic carbocycles. The molecule has 0 saturated heterocycles. The average Bonchev–Trinajstić information content (AvgIpc) is 3.57. The molecule has 5 rings (SSSR count). The molecule has 4 aromatic rings. The molecule has 0 amide bonds. The number of aromatic nitrogens is 2. The van der Waals surface area contributed by atoms with E-state index < -0.39 is 6.23 Å². The van der Waals surface area contributed by atoms with Crippen LogP contribution in [0.3, 0.4) is 0 Å². The van der Waals surface area contributed by atoms with Crippen LogP contribution in [0.5, 0.6) is 0 Å². The first-order valence-electron chi connectivity index (χ1n) is 10.5. The number of fused-ring (bicyclic) bond motifs is 1. The minimum absolute atomic E-state index is 0.266. The van der Waals surface area contributed by atoms with Crippen LogP contribution in [0.25, 0.3) is 10.2 Å². The van der Waals surface area contributed by atoms with Crippen molar-refractivity contribution in [2.24, 2.45) is 5.92 Å². The van der Waals surface area contributed by atoms with Crippen LogP contribution in [0.15, 0.2) is 60.2 Å². The quantitative estimate of drug-likeness (QED) is 0.197. The monoisotopic (exact) mass is 444 g/mol. The van der Waals surface area contributed by atoms with Gasteiger partial charge >= 0.3 is 0 Å². The Balaban J connectivity index is 1.46. The fourth-order valence-electron chi connectivity index (χ4n) is 3.79. The van der Waals surface area contributed by atoms with E-state index in [4.69, 9.17) is 11.1 Å². The number of nitrogens with two attached hydrogens (primary N) is 1. The molecule has 1 aliphatic rings. The van der Waals surface area contributed by atoms with Crippen molar-refractivity contribution in [3.63, 3.8) is 0 Å². The maximum absolute atomic E-state index is 11.0. The van der Waals surface area contributed by atoms with Gasteiger partial charge in [0, 0.05) is 46.1 Å². The Morgan fingerprint density at radius 1 is 1.12 bits per heavy atom. The van der Waals surface area contributed by atoms with Crippen molar-refractivity contribution in [3.8, 4) is 0 Å². The third-order valence-corrected chi connectivity index (χ3v) is 6.65. The number of aliphatic hydroxyl groups is 1. The lowest BCUT2D eigenvalue weighted by Gasteiger charge is -2.21. The fraction of sp³-hybridized carbons (Fsp3) is 0.208. The number of nitrogens with one attached hydrogen (secondary N) is 3. The molecule has 0 bridgehead atoms. The summed E-state index contributed by atoms with van der Waals surface area (Å²) in [6.07, 6.45) is 2.47. The Morgan fingerprint density at radius 2 is 1.91 bits per heavy atom. The normalized spacial score (nSPS) is 14.3. The van der Waals surface area contributed by atoms with Crippen LogP contribution < -0.4 is 16.4 Å². The minimum atomic E-state index is -0.992. The van der Waals surface area contributed by atoms with E-state index >= 15 is 0 Å². The van der Waals surface area contributed by atoms with Crippen molar-refractivity contribution in [1.82, 2.24) is 9.97 Å². The van der Waals surface area contributed by atoms with Gasteiger partial charge in [0.1, 0.15) is 12.1 Å². The van der Waals surface area contributed by atoms with Gasteiger partial charge in [-0.2, -0.15) is 0 Å². The zero-order valence-electron chi connectivity index (χ0n) is 17.4. The molecule has 0 spiro atoms. The highest BCUT2D eigenvalue weighted by molar-refractivity contribution is 7.17. The Bertz CT molecular complexity index is 1270. The second-order valence-electron chi connectivity index (χ2n) is 7.93. The highest BCUT2D eigenvalue weighted by Crippen LogP contribution is 2.39. The standard InChI is InChI=1S/C24H24N6OS/c25-20(15-9-10-15)19-17(27-11-14-5-2-1-3-6-14)7-4-8-18(19)30-24(31)16-12-32-22-21(16)28-13-29-23(22)26/h1-8,12-13,15,24-25,27,30-31H,9-11H2,(H2,26,28,29). The molecule has 2 aromatic heterocycles. The fourth-order valence-corrected chi connectivity index (χ4v) is 4.73. The molecule has 1 aliphatic carbocycles. The predicted molar refractivity (Wildman–Crippen MR) is 130 cm³/mol. The van der Waals surface area contributed by atoms with Gasteiger partial charge in [0.25, 0.3) is 0 Å². The van der Waals surface area contributed by atoms with Gasteiger partial charge in [-0.15, -0.1) is 11.3 Å². The van der Waals surface area contributed by atoms with Crippen LogP contribution in [-0.2, 0) is 6.54 Å². The van der Waals surface area contributed by atoms with Gasteiger partial charge in [-0.3, -0.25) is 0 Å². The van der Waals surface area contributed by atoms with Crippen molar-refractivity contribution in [2.75, 3.05) is 16.4 Å². The maximum atomic E-state index is 11.0. The number of hydrogen-bond acceptors (Lipinski definition) is 8.